The van der Waals surface area contributed by atoms with Crippen LogP contribution in [0.3, 0.4) is 0 Å². The molecule has 0 aliphatic rings. The van der Waals surface area contributed by atoms with Crippen LogP contribution < -0.4 is 21.4 Å². The zero-order valence-corrected chi connectivity index (χ0v) is 17.5. The Balaban J connectivity index is 1.77. The van der Waals surface area contributed by atoms with Crippen molar-refractivity contribution < 1.29 is 27.8 Å². The van der Waals surface area contributed by atoms with Gasteiger partial charge in [0, 0.05) is 27.2 Å². The molecule has 0 saturated heterocycles. The third kappa shape index (κ3) is 6.01. The normalized spacial score (nSPS) is 11.5. The summed E-state index contributed by atoms with van der Waals surface area (Å²) in [6.07, 6.45) is 2.33. The Labute approximate surface area is 173 Å². The molecule has 2 aromatic rings. The lowest BCUT2D eigenvalue weighted by Gasteiger charge is -2.12. The van der Waals surface area contributed by atoms with Gasteiger partial charge in [-0.15, -0.1) is 0 Å². The molecule has 0 fully saturated rings. The summed E-state index contributed by atoms with van der Waals surface area (Å²) in [6.45, 7) is 0.720. The van der Waals surface area contributed by atoms with Crippen molar-refractivity contribution in [1.29, 1.82) is 0 Å². The Morgan fingerprint density at radius 1 is 1.07 bits per heavy atom. The van der Waals surface area contributed by atoms with Crippen molar-refractivity contribution in [3.63, 3.8) is 0 Å². The first kappa shape index (κ1) is 23.3. The van der Waals surface area contributed by atoms with E-state index in [4.69, 9.17) is 9.84 Å². The van der Waals surface area contributed by atoms with Gasteiger partial charge in [0.2, 0.25) is 10.0 Å². The molecule has 5 N–H and O–H groups in total. The maximum Gasteiger partial charge on any atom is 0.315 e. The number of anilines is 1. The van der Waals surface area contributed by atoms with E-state index in [0.29, 0.717) is 24.3 Å². The van der Waals surface area contributed by atoms with Crippen molar-refractivity contribution in [3.05, 3.63) is 12.1 Å². The summed E-state index contributed by atoms with van der Waals surface area (Å²) in [5.41, 5.74) is 2.53. The van der Waals surface area contributed by atoms with Gasteiger partial charge in [-0.3, -0.25) is 10.0 Å². The minimum atomic E-state index is -3.67. The number of fused-ring (bicyclic) bond motifs is 1. The van der Waals surface area contributed by atoms with Crippen molar-refractivity contribution in [1.82, 2.24) is 30.7 Å². The lowest BCUT2D eigenvalue weighted by Crippen LogP contribution is -2.41. The lowest BCUT2D eigenvalue weighted by atomic mass is 10.2. The minimum Gasteiger partial charge on any atom is -0.383 e. The SMILES string of the molecule is CN(C)S(=O)(=O)c1ccc(NCCCCCNC(=O)NCC(=O)NO)c2nonc12. The number of urea groups is 1. The molecule has 0 aliphatic heterocycles. The van der Waals surface area contributed by atoms with Crippen LogP contribution in [0.15, 0.2) is 21.7 Å². The number of unbranched alkanes of at least 4 members (excludes halogenated alkanes) is 2. The van der Waals surface area contributed by atoms with E-state index in [2.05, 4.69) is 26.3 Å². The summed E-state index contributed by atoms with van der Waals surface area (Å²) in [7, 11) is -0.803. The molecule has 14 heteroatoms. The van der Waals surface area contributed by atoms with Gasteiger partial charge in [-0.2, -0.15) is 0 Å². The summed E-state index contributed by atoms with van der Waals surface area (Å²) in [5, 5.41) is 23.9. The molecular formula is C16H25N7O6S. The molecule has 0 spiro atoms. The van der Waals surface area contributed by atoms with Crippen LogP contribution in [-0.4, -0.2) is 73.9 Å². The number of nitrogens with zero attached hydrogens (tertiary/aromatic N) is 3. The number of carbonyl (C=O) groups excluding carboxylic acids is 2. The van der Waals surface area contributed by atoms with Gasteiger partial charge in [-0.05, 0) is 41.7 Å². The van der Waals surface area contributed by atoms with E-state index in [1.54, 1.807) is 6.07 Å². The second kappa shape index (κ2) is 10.7. The number of aromatic nitrogens is 2. The highest BCUT2D eigenvalue weighted by Crippen LogP contribution is 2.28. The topological polar surface area (TPSA) is 179 Å². The number of hydroxylamine groups is 1. The molecule has 1 heterocycles. The highest BCUT2D eigenvalue weighted by Gasteiger charge is 2.24. The Kier molecular flexibility index (Phi) is 8.32. The van der Waals surface area contributed by atoms with Crippen LogP contribution in [0.25, 0.3) is 11.0 Å². The maximum absolute atomic E-state index is 12.4. The van der Waals surface area contributed by atoms with E-state index in [-0.39, 0.29) is 17.0 Å². The molecule has 0 radical (unpaired) electrons. The summed E-state index contributed by atoms with van der Waals surface area (Å²) in [6, 6.07) is 2.59. The van der Waals surface area contributed by atoms with Gasteiger partial charge in [0.05, 0.1) is 5.69 Å². The molecular weight excluding hydrogens is 418 g/mol. The fourth-order valence-electron chi connectivity index (χ4n) is 2.51. The highest BCUT2D eigenvalue weighted by atomic mass is 32.2. The van der Waals surface area contributed by atoms with E-state index < -0.39 is 22.0 Å². The largest absolute Gasteiger partial charge is 0.383 e. The molecule has 2 rings (SSSR count). The smallest absolute Gasteiger partial charge is 0.315 e. The number of nitrogens with one attached hydrogen (secondary N) is 4. The van der Waals surface area contributed by atoms with Crippen LogP contribution in [0.4, 0.5) is 10.5 Å². The van der Waals surface area contributed by atoms with E-state index in [1.165, 1.54) is 25.6 Å². The zero-order valence-electron chi connectivity index (χ0n) is 16.6. The summed E-state index contributed by atoms with van der Waals surface area (Å²) < 4.78 is 30.6. The average Bonchev–Trinajstić information content (AvgIpc) is 3.20. The molecule has 1 aromatic carbocycles. The number of sulfonamides is 1. The van der Waals surface area contributed by atoms with Crippen molar-refractivity contribution >= 4 is 38.7 Å². The Morgan fingerprint density at radius 3 is 2.47 bits per heavy atom. The lowest BCUT2D eigenvalue weighted by molar-refractivity contribution is -0.128. The Morgan fingerprint density at radius 2 is 1.77 bits per heavy atom. The van der Waals surface area contributed by atoms with Crippen molar-refractivity contribution in [3.8, 4) is 0 Å². The summed E-state index contributed by atoms with van der Waals surface area (Å²) in [5.74, 6) is -0.708. The third-order valence-electron chi connectivity index (χ3n) is 4.13. The number of rotatable bonds is 11. The van der Waals surface area contributed by atoms with Crippen LogP contribution in [0.5, 0.6) is 0 Å². The monoisotopic (exact) mass is 443 g/mol. The molecule has 30 heavy (non-hydrogen) atoms. The van der Waals surface area contributed by atoms with Gasteiger partial charge >= 0.3 is 6.03 Å². The van der Waals surface area contributed by atoms with E-state index in [9.17, 15) is 18.0 Å². The zero-order chi connectivity index (χ0) is 22.1. The molecule has 0 aliphatic carbocycles. The van der Waals surface area contributed by atoms with Crippen molar-refractivity contribution in [2.75, 3.05) is 39.0 Å². The van der Waals surface area contributed by atoms with Gasteiger partial charge in [0.15, 0.2) is 11.0 Å². The van der Waals surface area contributed by atoms with Gasteiger partial charge in [0.1, 0.15) is 11.4 Å². The summed E-state index contributed by atoms with van der Waals surface area (Å²) >= 11 is 0. The number of carbonyl (C=O) groups is 2. The number of amides is 3. The first-order valence-electron chi connectivity index (χ1n) is 9.13. The van der Waals surface area contributed by atoms with Crippen LogP contribution >= 0.6 is 0 Å². The van der Waals surface area contributed by atoms with Gasteiger partial charge in [-0.25, -0.2) is 27.6 Å². The molecule has 0 bridgehead atoms. The predicted octanol–water partition coefficient (Wildman–Crippen LogP) is -0.140. The third-order valence-corrected chi connectivity index (χ3v) is 5.97. The van der Waals surface area contributed by atoms with Crippen molar-refractivity contribution in [2.24, 2.45) is 0 Å². The Hall–Kier alpha value is -2.97. The first-order valence-corrected chi connectivity index (χ1v) is 10.6. The van der Waals surface area contributed by atoms with Crippen molar-refractivity contribution in [2.45, 2.75) is 24.2 Å². The number of hydrogen-bond acceptors (Lipinski definition) is 9. The molecule has 0 unspecified atom stereocenters. The summed E-state index contributed by atoms with van der Waals surface area (Å²) in [4.78, 5) is 22.2. The fraction of sp³-hybridized carbons (Fsp3) is 0.500. The minimum absolute atomic E-state index is 0.0233. The second-order valence-electron chi connectivity index (χ2n) is 6.49. The van der Waals surface area contributed by atoms with E-state index in [0.717, 1.165) is 23.6 Å². The van der Waals surface area contributed by atoms with E-state index >= 15 is 0 Å². The first-order chi connectivity index (χ1) is 14.3. The molecule has 13 nitrogen and oxygen atoms in total. The van der Waals surface area contributed by atoms with Crippen LogP contribution in [0.2, 0.25) is 0 Å². The quantitative estimate of drug-likeness (QED) is 0.179. The number of benzene rings is 1. The maximum atomic E-state index is 12.4. The van der Waals surface area contributed by atoms with Crippen LogP contribution in [-0.2, 0) is 14.8 Å². The van der Waals surface area contributed by atoms with Crippen LogP contribution in [0, 0.1) is 0 Å². The number of hydrogen-bond donors (Lipinski definition) is 5. The molecule has 3 amide bonds. The molecule has 1 aromatic heterocycles. The molecule has 166 valence electrons. The predicted molar refractivity (Wildman–Crippen MR) is 106 cm³/mol. The molecule has 0 saturated carbocycles. The van der Waals surface area contributed by atoms with Gasteiger partial charge in [-0.1, -0.05) is 0 Å². The fourth-order valence-corrected chi connectivity index (χ4v) is 3.52. The molecule has 0 atom stereocenters. The van der Waals surface area contributed by atoms with Gasteiger partial charge < -0.3 is 16.0 Å². The van der Waals surface area contributed by atoms with Gasteiger partial charge in [0.25, 0.3) is 5.91 Å². The average molecular weight is 443 g/mol. The van der Waals surface area contributed by atoms with E-state index in [1.807, 2.05) is 0 Å². The second-order valence-corrected chi connectivity index (χ2v) is 8.61. The van der Waals surface area contributed by atoms with Crippen LogP contribution in [0.1, 0.15) is 19.3 Å². The Bertz CT molecular complexity index is 976. The highest BCUT2D eigenvalue weighted by molar-refractivity contribution is 7.89. The standard InChI is InChI=1S/C16H25N7O6S/c1-23(2)30(27,28)12-7-6-11(14-15(12)22-29-21-14)17-8-4-3-5-9-18-16(25)19-10-13(24)20-26/h6-7,17,26H,3-5,8-10H2,1-2H3,(H,20,24)(H2,18,19,25).